The highest BCUT2D eigenvalue weighted by molar-refractivity contribution is 7.72. The highest BCUT2D eigenvalue weighted by Gasteiger charge is 2.34. The molecule has 0 spiro atoms. The summed E-state index contributed by atoms with van der Waals surface area (Å²) in [6.45, 7) is 8.05. The lowest BCUT2D eigenvalue weighted by molar-refractivity contribution is -0.136. The van der Waals surface area contributed by atoms with Crippen molar-refractivity contribution in [2.24, 2.45) is 10.9 Å². The van der Waals surface area contributed by atoms with Crippen LogP contribution in [0.25, 0.3) is 32.7 Å². The number of para-hydroxylation sites is 3. The van der Waals surface area contributed by atoms with Crippen LogP contribution in [0.15, 0.2) is 96.5 Å². The molecule has 0 saturated carbocycles. The molecule has 0 fully saturated rings. The number of aromatic nitrogens is 3. The normalized spacial score (nSPS) is 12.6. The van der Waals surface area contributed by atoms with Crippen molar-refractivity contribution in [3.8, 4) is 0 Å². The first-order valence-electron chi connectivity index (χ1n) is 17.6. The Kier molecular flexibility index (Phi) is 15.8. The third kappa shape index (κ3) is 10.8. The molecule has 1 atom stereocenters. The molecule has 6 rings (SSSR count). The number of benzene rings is 3. The molecule has 3 heterocycles. The van der Waals surface area contributed by atoms with Gasteiger partial charge in [0, 0.05) is 64.1 Å². The number of hydrogen-bond acceptors (Lipinski definition) is 10. The summed E-state index contributed by atoms with van der Waals surface area (Å²) < 4.78 is 46.3. The molecule has 3 aromatic heterocycles. The number of hydrogen-bond donors (Lipinski definition) is 6. The van der Waals surface area contributed by atoms with E-state index in [9.17, 15) is 19.1 Å². The van der Waals surface area contributed by atoms with Gasteiger partial charge in [-0.05, 0) is 62.6 Å². The van der Waals surface area contributed by atoms with Gasteiger partial charge >= 0.3 is 21.2 Å². The number of H-pyrrole nitrogens is 3. The Labute approximate surface area is 314 Å². The minimum Gasteiger partial charge on any atom is -0.481 e. The average molecular weight is 782 g/mol. The molecule has 14 nitrogen and oxygen atoms in total. The Morgan fingerprint density at radius 2 is 1.06 bits per heavy atom. The maximum Gasteiger partial charge on any atom is 0.379 e. The number of fused-ring (bicyclic) bond motifs is 3. The van der Waals surface area contributed by atoms with E-state index in [-0.39, 0.29) is 31.5 Å². The zero-order valence-electron chi connectivity index (χ0n) is 30.9. The standard InChI is InChI=1S/C14H19N2O4P.C14H21N2O3P.C10H9NO2/c1-3-19-21(18,20-4-2)14(16-17)9-11-10-15-13-8-6-5-7-12(11)13;1-3-18-20(17,19-4-2)14(15)9-11-10-16-13-8-6-5-7-12(11)13;12-10(13)5-7-6-11-9-4-2-1-3-8(7)9/h5-8,10,15,17H,3-4,9H2,1-2H3;5-8,10,14,16H,3-4,9,15H2,1-2H3;1-4,6,11H,5H2,(H,12,13)/b16-14+;;. The van der Waals surface area contributed by atoms with E-state index in [4.69, 9.17) is 28.9 Å². The summed E-state index contributed by atoms with van der Waals surface area (Å²) in [6, 6.07) is 23.4. The summed E-state index contributed by atoms with van der Waals surface area (Å²) in [4.78, 5) is 19.8. The third-order valence-electron chi connectivity index (χ3n) is 8.20. The third-order valence-corrected chi connectivity index (χ3v) is 12.5. The number of nitrogens with zero attached hydrogens (tertiary/aromatic N) is 1. The van der Waals surface area contributed by atoms with Gasteiger partial charge in [0.15, 0.2) is 5.45 Å². The van der Waals surface area contributed by atoms with Crippen LogP contribution in [0.4, 0.5) is 0 Å². The largest absolute Gasteiger partial charge is 0.481 e. The fourth-order valence-electron chi connectivity index (χ4n) is 5.83. The highest BCUT2D eigenvalue weighted by atomic mass is 31.2. The Hall–Kier alpha value is -4.52. The topological polar surface area (TPSA) is 214 Å². The number of carboxylic acid groups (broad SMARTS) is 1. The van der Waals surface area contributed by atoms with E-state index >= 15 is 0 Å². The van der Waals surface area contributed by atoms with Crippen molar-refractivity contribution < 1.29 is 42.3 Å². The molecule has 0 amide bonds. The van der Waals surface area contributed by atoms with Gasteiger partial charge in [-0.25, -0.2) is 0 Å². The maximum absolute atomic E-state index is 12.7. The number of carbonyl (C=O) groups is 1. The van der Waals surface area contributed by atoms with E-state index in [1.807, 2.05) is 79.0 Å². The summed E-state index contributed by atoms with van der Waals surface area (Å²) >= 11 is 0. The molecule has 0 radical (unpaired) electrons. The van der Waals surface area contributed by atoms with E-state index in [1.54, 1.807) is 40.1 Å². The average Bonchev–Trinajstić information content (AvgIpc) is 3.89. The van der Waals surface area contributed by atoms with Gasteiger partial charge in [0.05, 0.1) is 32.8 Å². The second-order valence-electron chi connectivity index (χ2n) is 11.8. The Bertz CT molecular complexity index is 2210. The molecule has 54 heavy (non-hydrogen) atoms. The fourth-order valence-corrected chi connectivity index (χ4v) is 8.95. The number of nitrogens with two attached hydrogens (primary N) is 1. The molecule has 0 aliphatic rings. The summed E-state index contributed by atoms with van der Waals surface area (Å²) in [5, 5.41) is 24.1. The number of aromatic amines is 3. The molecule has 290 valence electrons. The molecule has 0 aliphatic carbocycles. The smallest absolute Gasteiger partial charge is 0.379 e. The summed E-state index contributed by atoms with van der Waals surface area (Å²) in [5.41, 5.74) is 11.8. The molecule has 16 heteroatoms. The Morgan fingerprint density at radius 1 is 0.667 bits per heavy atom. The van der Waals surface area contributed by atoms with Crippen molar-refractivity contribution in [1.29, 1.82) is 0 Å². The first kappa shape index (κ1) is 42.2. The molecular weight excluding hydrogens is 732 g/mol. The van der Waals surface area contributed by atoms with Gasteiger partial charge in [-0.1, -0.05) is 59.8 Å². The monoisotopic (exact) mass is 781 g/mol. The number of nitrogens with one attached hydrogen (secondary N) is 3. The van der Waals surface area contributed by atoms with Crippen LogP contribution in [0.5, 0.6) is 0 Å². The van der Waals surface area contributed by atoms with E-state index in [0.717, 1.165) is 49.4 Å². The summed E-state index contributed by atoms with van der Waals surface area (Å²) in [7, 11) is -6.83. The second kappa shape index (κ2) is 20.2. The minimum atomic E-state index is -3.56. The van der Waals surface area contributed by atoms with Crippen molar-refractivity contribution >= 4 is 59.3 Å². The molecule has 3 aromatic carbocycles. The number of aliphatic carboxylic acids is 1. The first-order valence-corrected chi connectivity index (χ1v) is 20.8. The van der Waals surface area contributed by atoms with Crippen LogP contribution in [-0.2, 0) is 51.3 Å². The van der Waals surface area contributed by atoms with Crippen molar-refractivity contribution in [3.05, 3.63) is 108 Å². The van der Waals surface area contributed by atoms with Crippen LogP contribution in [0.1, 0.15) is 44.4 Å². The molecule has 0 bridgehead atoms. The van der Waals surface area contributed by atoms with Gasteiger partial charge in [0.25, 0.3) is 0 Å². The SMILES string of the molecule is CCOP(=O)(OCC)/C(Cc1c[nH]c2ccccc12)=N/O.CCOP(=O)(OCC)C(N)Cc1c[nH]c2ccccc12.O=C(O)Cc1c[nH]c2ccccc12. The lowest BCUT2D eigenvalue weighted by Crippen LogP contribution is -2.25. The van der Waals surface area contributed by atoms with Gasteiger partial charge in [-0.2, -0.15) is 0 Å². The van der Waals surface area contributed by atoms with Gasteiger partial charge in [-0.15, -0.1) is 0 Å². The quantitative estimate of drug-likeness (QED) is 0.0237. The van der Waals surface area contributed by atoms with E-state index in [0.29, 0.717) is 19.6 Å². The van der Waals surface area contributed by atoms with Crippen LogP contribution in [0.3, 0.4) is 0 Å². The van der Waals surface area contributed by atoms with Crippen LogP contribution in [-0.4, -0.2) is 68.9 Å². The van der Waals surface area contributed by atoms with Crippen molar-refractivity contribution in [2.75, 3.05) is 26.4 Å². The number of carboxylic acids is 1. The van der Waals surface area contributed by atoms with E-state index in [2.05, 4.69) is 20.1 Å². The van der Waals surface area contributed by atoms with Crippen molar-refractivity contribution in [2.45, 2.75) is 52.7 Å². The molecular formula is C38H49N5O9P2. The predicted molar refractivity (Wildman–Crippen MR) is 213 cm³/mol. The van der Waals surface area contributed by atoms with E-state index in [1.165, 1.54) is 0 Å². The number of rotatable bonds is 16. The second-order valence-corrected chi connectivity index (χ2v) is 16.1. The van der Waals surface area contributed by atoms with Crippen LogP contribution < -0.4 is 5.73 Å². The van der Waals surface area contributed by atoms with Crippen molar-refractivity contribution in [3.63, 3.8) is 0 Å². The Morgan fingerprint density at radius 3 is 1.46 bits per heavy atom. The summed E-state index contributed by atoms with van der Waals surface area (Å²) in [6.07, 6.45) is 6.16. The van der Waals surface area contributed by atoms with Gasteiger partial charge < -0.3 is 49.1 Å². The number of oxime groups is 1. The zero-order chi connectivity index (χ0) is 39.1. The fraction of sp³-hybridized carbons (Fsp3) is 0.316. The van der Waals surface area contributed by atoms with Crippen LogP contribution in [0, 0.1) is 0 Å². The lowest BCUT2D eigenvalue weighted by Gasteiger charge is -2.22. The Balaban J connectivity index is 0.000000185. The van der Waals surface area contributed by atoms with E-state index < -0.39 is 26.9 Å². The lowest BCUT2D eigenvalue weighted by atomic mass is 10.1. The molecule has 6 aromatic rings. The maximum atomic E-state index is 12.7. The van der Waals surface area contributed by atoms with Crippen molar-refractivity contribution in [1.82, 2.24) is 15.0 Å². The predicted octanol–water partition coefficient (Wildman–Crippen LogP) is 8.82. The summed E-state index contributed by atoms with van der Waals surface area (Å²) in [5.74, 6) is -1.47. The zero-order valence-corrected chi connectivity index (χ0v) is 32.6. The molecule has 0 saturated heterocycles. The molecule has 1 unspecified atom stereocenters. The van der Waals surface area contributed by atoms with Gasteiger partial charge in [0.2, 0.25) is 0 Å². The van der Waals surface area contributed by atoms with Crippen LogP contribution in [0.2, 0.25) is 0 Å². The van der Waals surface area contributed by atoms with Gasteiger partial charge in [0.1, 0.15) is 5.78 Å². The molecule has 7 N–H and O–H groups in total. The van der Waals surface area contributed by atoms with Gasteiger partial charge in [-0.3, -0.25) is 13.9 Å². The molecule has 0 aliphatic heterocycles. The minimum absolute atomic E-state index is 0.0101. The highest BCUT2D eigenvalue weighted by Crippen LogP contribution is 2.52. The first-order chi connectivity index (χ1) is 26.0. The van der Waals surface area contributed by atoms with Crippen LogP contribution >= 0.6 is 15.2 Å².